The summed E-state index contributed by atoms with van der Waals surface area (Å²) >= 11 is 0. The number of para-hydroxylation sites is 5. The van der Waals surface area contributed by atoms with Crippen LogP contribution in [0.2, 0.25) is 0 Å². The van der Waals surface area contributed by atoms with E-state index < -0.39 is 0 Å². The summed E-state index contributed by atoms with van der Waals surface area (Å²) in [6, 6.07) is 67.2. The molecule has 0 aliphatic carbocycles. The minimum absolute atomic E-state index is 0.0159. The van der Waals surface area contributed by atoms with Crippen molar-refractivity contribution in [2.24, 2.45) is 0 Å². The molecule has 0 fully saturated rings. The van der Waals surface area contributed by atoms with Crippen molar-refractivity contribution in [1.82, 2.24) is 13.5 Å². The van der Waals surface area contributed by atoms with E-state index in [0.29, 0.717) is 0 Å². The molecule has 0 amide bonds. The SMILES string of the molecule is CC(C)(C)c1ccc2c(c1)c1cc(C(C)(C)C)cc3c4cc5c6cccc7c6n(c5cc4n2c13)-c1cc(-n2c3ccccc3c3ccccc32)cc2c1B7c1ccccc1N2c1ccccc1. The van der Waals surface area contributed by atoms with Crippen LogP contribution in [0, 0.1) is 0 Å². The molecule has 2 aliphatic rings. The first-order chi connectivity index (χ1) is 32.5. The third-order valence-electron chi connectivity index (χ3n) is 15.6. The second-order valence-electron chi connectivity index (χ2n) is 21.4. The quantitative estimate of drug-likeness (QED) is 0.158. The van der Waals surface area contributed by atoms with Crippen molar-refractivity contribution in [2.45, 2.75) is 52.4 Å². The van der Waals surface area contributed by atoms with Gasteiger partial charge in [-0.2, -0.15) is 0 Å². The third-order valence-corrected chi connectivity index (χ3v) is 15.6. The van der Waals surface area contributed by atoms with Crippen LogP contribution >= 0.6 is 0 Å². The van der Waals surface area contributed by atoms with Gasteiger partial charge in [-0.05, 0) is 117 Å². The molecule has 4 nitrogen and oxygen atoms in total. The molecule has 0 unspecified atom stereocenters. The number of anilines is 3. The topological polar surface area (TPSA) is 17.5 Å². The Morgan fingerprint density at radius 1 is 0.343 bits per heavy atom. The monoisotopic (exact) mass is 858 g/mol. The minimum atomic E-state index is -0.0159. The van der Waals surface area contributed by atoms with Crippen LogP contribution in [-0.2, 0) is 10.8 Å². The van der Waals surface area contributed by atoms with Crippen LogP contribution in [0.15, 0.2) is 176 Å². The molecule has 5 heteroatoms. The van der Waals surface area contributed by atoms with E-state index in [0.717, 1.165) is 11.4 Å². The molecule has 0 saturated heterocycles. The van der Waals surface area contributed by atoms with Crippen molar-refractivity contribution in [3.05, 3.63) is 187 Å². The van der Waals surface area contributed by atoms with Gasteiger partial charge < -0.3 is 18.4 Å². The molecule has 0 bridgehead atoms. The molecular formula is C62H47BN4. The second kappa shape index (κ2) is 12.6. The summed E-state index contributed by atoms with van der Waals surface area (Å²) in [6.45, 7) is 14.1. The lowest BCUT2D eigenvalue weighted by Gasteiger charge is -2.40. The zero-order valence-corrected chi connectivity index (χ0v) is 38.6. The highest BCUT2D eigenvalue weighted by atomic mass is 15.2. The number of rotatable bonds is 2. The Kier molecular flexibility index (Phi) is 7.03. The van der Waals surface area contributed by atoms with E-state index in [9.17, 15) is 0 Å². The molecule has 0 saturated carbocycles. The number of benzene rings is 9. The van der Waals surface area contributed by atoms with Crippen LogP contribution in [0.1, 0.15) is 52.7 Å². The predicted octanol–water partition coefficient (Wildman–Crippen LogP) is 14.2. The number of hydrogen-bond acceptors (Lipinski definition) is 1. The maximum absolute atomic E-state index is 2.65. The molecule has 15 rings (SSSR count). The maximum atomic E-state index is 2.65. The van der Waals surface area contributed by atoms with Crippen molar-refractivity contribution in [2.75, 3.05) is 4.90 Å². The zero-order chi connectivity index (χ0) is 44.8. The highest BCUT2D eigenvalue weighted by Gasteiger charge is 2.42. The van der Waals surface area contributed by atoms with Crippen molar-refractivity contribution < 1.29 is 0 Å². The van der Waals surface area contributed by atoms with Gasteiger partial charge in [0.05, 0.1) is 38.8 Å². The van der Waals surface area contributed by atoms with Gasteiger partial charge in [-0.15, -0.1) is 0 Å². The molecule has 0 spiro atoms. The second-order valence-corrected chi connectivity index (χ2v) is 21.4. The smallest absolute Gasteiger partial charge is 0.252 e. The molecule has 2 aliphatic heterocycles. The van der Waals surface area contributed by atoms with Gasteiger partial charge in [0.1, 0.15) is 0 Å². The van der Waals surface area contributed by atoms with Crippen molar-refractivity contribution in [1.29, 1.82) is 0 Å². The van der Waals surface area contributed by atoms with Crippen LogP contribution in [0.4, 0.5) is 17.1 Å². The van der Waals surface area contributed by atoms with Crippen LogP contribution in [0.25, 0.3) is 93.1 Å². The first kappa shape index (κ1) is 37.5. The highest BCUT2D eigenvalue weighted by molar-refractivity contribution is 7.00. The van der Waals surface area contributed by atoms with E-state index in [1.54, 1.807) is 0 Å². The largest absolute Gasteiger partial charge is 0.311 e. The van der Waals surface area contributed by atoms with Gasteiger partial charge in [0.15, 0.2) is 0 Å². The average molecular weight is 859 g/mol. The molecule has 0 atom stereocenters. The maximum Gasteiger partial charge on any atom is 0.252 e. The van der Waals surface area contributed by atoms with Gasteiger partial charge in [0.25, 0.3) is 6.71 Å². The lowest BCUT2D eigenvalue weighted by molar-refractivity contribution is 0.590. The normalized spacial score (nSPS) is 13.8. The van der Waals surface area contributed by atoms with Gasteiger partial charge >= 0.3 is 0 Å². The summed E-state index contributed by atoms with van der Waals surface area (Å²) in [4.78, 5) is 2.52. The van der Waals surface area contributed by atoms with Crippen molar-refractivity contribution in [3.63, 3.8) is 0 Å². The molecule has 13 aromatic rings. The van der Waals surface area contributed by atoms with Gasteiger partial charge in [-0.1, -0.05) is 139 Å². The lowest BCUT2D eigenvalue weighted by atomic mass is 9.34. The number of nitrogens with zero attached hydrogens (tertiary/aromatic N) is 4. The summed E-state index contributed by atoms with van der Waals surface area (Å²) in [5.41, 5.74) is 21.5. The van der Waals surface area contributed by atoms with E-state index in [1.165, 1.54) is 126 Å². The van der Waals surface area contributed by atoms with Crippen LogP contribution < -0.4 is 21.3 Å². The Morgan fingerprint density at radius 3 is 1.67 bits per heavy atom. The molecule has 318 valence electrons. The van der Waals surface area contributed by atoms with Crippen LogP contribution in [-0.4, -0.2) is 20.2 Å². The standard InChI is InChI=1S/C62H47BN4/c1-61(2,3)36-27-28-52-43(29-36)46-30-37(62(4,5)6)31-47-45-34-44-42-21-16-23-49-60(42)67(54(44)35-55(45)66(52)59(46)47)57-33-39(65-50-24-13-10-19-40(50)41-20-11-14-25-51(41)65)32-56-58(57)63(49)48-22-12-15-26-53(48)64(56)38-17-8-7-9-18-38/h7-35H,1-6H3. The molecule has 4 aromatic heterocycles. The molecule has 0 N–H and O–H groups in total. The first-order valence-electron chi connectivity index (χ1n) is 23.9. The molecule has 6 heterocycles. The van der Waals surface area contributed by atoms with Crippen molar-refractivity contribution in [3.8, 4) is 11.4 Å². The third kappa shape index (κ3) is 4.78. The van der Waals surface area contributed by atoms with E-state index in [1.807, 2.05) is 0 Å². The summed E-state index contributed by atoms with van der Waals surface area (Å²) in [6.07, 6.45) is 0. The minimum Gasteiger partial charge on any atom is -0.311 e. The van der Waals surface area contributed by atoms with Gasteiger partial charge in [0.2, 0.25) is 0 Å². The van der Waals surface area contributed by atoms with Crippen LogP contribution in [0.5, 0.6) is 0 Å². The zero-order valence-electron chi connectivity index (χ0n) is 38.6. The highest BCUT2D eigenvalue weighted by Crippen LogP contribution is 2.48. The Balaban J connectivity index is 1.13. The Bertz CT molecular complexity index is 4250. The summed E-state index contributed by atoms with van der Waals surface area (Å²) in [7, 11) is 0. The van der Waals surface area contributed by atoms with E-state index >= 15 is 0 Å². The number of hydrogen-bond donors (Lipinski definition) is 0. The van der Waals surface area contributed by atoms with Gasteiger partial charge in [0, 0.05) is 71.4 Å². The van der Waals surface area contributed by atoms with E-state index in [2.05, 4.69) is 236 Å². The fourth-order valence-electron chi connectivity index (χ4n) is 12.5. The summed E-state index contributed by atoms with van der Waals surface area (Å²) in [5.74, 6) is 0. The number of fused-ring (bicyclic) bond motifs is 16. The molecule has 67 heavy (non-hydrogen) atoms. The van der Waals surface area contributed by atoms with Crippen LogP contribution in [0.3, 0.4) is 0 Å². The lowest BCUT2D eigenvalue weighted by Crippen LogP contribution is -2.60. The summed E-state index contributed by atoms with van der Waals surface area (Å²) in [5, 5.41) is 10.4. The van der Waals surface area contributed by atoms with Gasteiger partial charge in [-0.3, -0.25) is 0 Å². The van der Waals surface area contributed by atoms with E-state index in [-0.39, 0.29) is 17.5 Å². The Hall–Kier alpha value is -7.76. The van der Waals surface area contributed by atoms with Crippen molar-refractivity contribution >= 4 is 122 Å². The van der Waals surface area contributed by atoms with Gasteiger partial charge in [-0.25, -0.2) is 0 Å². The van der Waals surface area contributed by atoms with E-state index in [4.69, 9.17) is 0 Å². The Morgan fingerprint density at radius 2 is 0.940 bits per heavy atom. The average Bonchev–Trinajstić information content (AvgIpc) is 4.06. The fourth-order valence-corrected chi connectivity index (χ4v) is 12.5. The Labute approximate surface area is 389 Å². The molecule has 0 radical (unpaired) electrons. The fraction of sp³-hybridized carbons (Fsp3) is 0.129. The first-order valence-corrected chi connectivity index (χ1v) is 23.9. The predicted molar refractivity (Wildman–Crippen MR) is 287 cm³/mol. The summed E-state index contributed by atoms with van der Waals surface area (Å²) < 4.78 is 7.73. The molecular weight excluding hydrogens is 812 g/mol. The number of aromatic nitrogens is 3. The molecule has 9 aromatic carbocycles.